The molecule has 0 saturated carbocycles. The molecular formula is C11H20F3NO4S. The van der Waals surface area contributed by atoms with Gasteiger partial charge in [-0.3, -0.25) is 0 Å². The summed E-state index contributed by atoms with van der Waals surface area (Å²) in [6, 6.07) is 0. The third kappa shape index (κ3) is 7.41. The summed E-state index contributed by atoms with van der Waals surface area (Å²) in [5.74, 6) is -0.234. The van der Waals surface area contributed by atoms with E-state index in [-0.39, 0.29) is 25.4 Å². The van der Waals surface area contributed by atoms with Gasteiger partial charge < -0.3 is 9.47 Å². The second-order valence-electron chi connectivity index (χ2n) is 5.19. The van der Waals surface area contributed by atoms with Crippen molar-refractivity contribution in [3.8, 4) is 0 Å². The second-order valence-corrected chi connectivity index (χ2v) is 6.81. The first-order chi connectivity index (χ1) is 9.12. The summed E-state index contributed by atoms with van der Waals surface area (Å²) >= 11 is 0. The smallest absolute Gasteiger partial charge is 0.381 e. The highest BCUT2D eigenvalue weighted by atomic mass is 32.2. The minimum absolute atomic E-state index is 0.0489. The maximum Gasteiger partial charge on any atom is 0.389 e. The van der Waals surface area contributed by atoms with Crippen LogP contribution in [0.2, 0.25) is 0 Å². The van der Waals surface area contributed by atoms with E-state index >= 15 is 0 Å². The number of ether oxygens (including phenoxy) is 2. The molecule has 1 rings (SSSR count). The number of sulfonamides is 1. The number of hydrogen-bond donors (Lipinski definition) is 1. The van der Waals surface area contributed by atoms with Gasteiger partial charge >= 0.3 is 6.18 Å². The van der Waals surface area contributed by atoms with Crippen LogP contribution in [0.3, 0.4) is 0 Å². The first-order valence-corrected chi connectivity index (χ1v) is 8.06. The molecule has 5 nitrogen and oxygen atoms in total. The Kier molecular flexibility index (Phi) is 6.24. The van der Waals surface area contributed by atoms with Crippen LogP contribution in [0.25, 0.3) is 0 Å². The average Bonchev–Trinajstić information content (AvgIpc) is 2.25. The molecule has 0 radical (unpaired) electrons. The average molecular weight is 319 g/mol. The SMILES string of the molecule is NS(=O)(=O)CC1(COCCCC(F)(F)F)CCOCC1. The Morgan fingerprint density at radius 1 is 1.25 bits per heavy atom. The van der Waals surface area contributed by atoms with E-state index in [2.05, 4.69) is 0 Å². The van der Waals surface area contributed by atoms with Crippen LogP contribution in [0.15, 0.2) is 0 Å². The van der Waals surface area contributed by atoms with E-state index in [9.17, 15) is 21.6 Å². The molecule has 0 unspecified atom stereocenters. The molecule has 0 aliphatic carbocycles. The van der Waals surface area contributed by atoms with Gasteiger partial charge in [-0.05, 0) is 19.3 Å². The van der Waals surface area contributed by atoms with Crippen LogP contribution >= 0.6 is 0 Å². The Bertz CT molecular complexity index is 391. The fourth-order valence-corrected chi connectivity index (χ4v) is 3.45. The van der Waals surface area contributed by atoms with Gasteiger partial charge in [0.25, 0.3) is 0 Å². The molecule has 1 aliphatic rings. The van der Waals surface area contributed by atoms with Gasteiger partial charge in [-0.15, -0.1) is 0 Å². The van der Waals surface area contributed by atoms with Gasteiger partial charge in [-0.1, -0.05) is 0 Å². The molecule has 1 heterocycles. The third-order valence-corrected chi connectivity index (χ3v) is 4.23. The summed E-state index contributed by atoms with van der Waals surface area (Å²) in [6.45, 7) is 0.847. The predicted molar refractivity (Wildman–Crippen MR) is 66.6 cm³/mol. The van der Waals surface area contributed by atoms with Crippen LogP contribution in [0.1, 0.15) is 25.7 Å². The minimum atomic E-state index is -4.19. The number of alkyl halides is 3. The molecule has 1 fully saturated rings. The third-order valence-electron chi connectivity index (χ3n) is 3.22. The van der Waals surface area contributed by atoms with Gasteiger partial charge in [0.2, 0.25) is 10.0 Å². The Morgan fingerprint density at radius 3 is 2.35 bits per heavy atom. The van der Waals surface area contributed by atoms with Gasteiger partial charge in [0.05, 0.1) is 12.4 Å². The van der Waals surface area contributed by atoms with Crippen molar-refractivity contribution in [2.24, 2.45) is 10.6 Å². The van der Waals surface area contributed by atoms with Gasteiger partial charge in [0, 0.05) is 31.7 Å². The van der Waals surface area contributed by atoms with Crippen molar-refractivity contribution in [3.05, 3.63) is 0 Å². The summed E-state index contributed by atoms with van der Waals surface area (Å²) in [5.41, 5.74) is -0.649. The summed E-state index contributed by atoms with van der Waals surface area (Å²) in [7, 11) is -3.66. The Morgan fingerprint density at radius 2 is 1.85 bits per heavy atom. The topological polar surface area (TPSA) is 78.6 Å². The molecule has 0 spiro atoms. The van der Waals surface area contributed by atoms with Gasteiger partial charge in [-0.25, -0.2) is 13.6 Å². The van der Waals surface area contributed by atoms with Crippen molar-refractivity contribution < 1.29 is 31.1 Å². The molecule has 1 saturated heterocycles. The van der Waals surface area contributed by atoms with E-state index in [1.54, 1.807) is 0 Å². The monoisotopic (exact) mass is 319 g/mol. The molecule has 0 bridgehead atoms. The van der Waals surface area contributed by atoms with Crippen molar-refractivity contribution in [1.82, 2.24) is 0 Å². The molecule has 0 amide bonds. The van der Waals surface area contributed by atoms with Crippen LogP contribution in [-0.4, -0.2) is 46.8 Å². The largest absolute Gasteiger partial charge is 0.389 e. The molecule has 9 heteroatoms. The molecule has 2 N–H and O–H groups in total. The van der Waals surface area contributed by atoms with E-state index in [1.807, 2.05) is 0 Å². The van der Waals surface area contributed by atoms with Crippen LogP contribution < -0.4 is 5.14 Å². The van der Waals surface area contributed by atoms with Crippen LogP contribution in [-0.2, 0) is 19.5 Å². The molecular weight excluding hydrogens is 299 g/mol. The van der Waals surface area contributed by atoms with Crippen LogP contribution in [0.4, 0.5) is 13.2 Å². The maximum absolute atomic E-state index is 12.0. The molecule has 0 atom stereocenters. The molecule has 0 aromatic heterocycles. The van der Waals surface area contributed by atoms with Crippen LogP contribution in [0.5, 0.6) is 0 Å². The van der Waals surface area contributed by atoms with Crippen LogP contribution in [0, 0.1) is 5.41 Å². The standard InChI is InChI=1S/C11H20F3NO4S/c12-11(13,14)2-1-5-19-8-10(9-20(15,16)17)3-6-18-7-4-10/h1-9H2,(H2,15,16,17). The number of rotatable bonds is 7. The van der Waals surface area contributed by atoms with Crippen molar-refractivity contribution in [2.75, 3.05) is 32.2 Å². The first kappa shape index (κ1) is 17.7. The molecule has 0 aromatic carbocycles. The van der Waals surface area contributed by atoms with Crippen molar-refractivity contribution in [1.29, 1.82) is 0 Å². The molecule has 1 aliphatic heterocycles. The summed E-state index contributed by atoms with van der Waals surface area (Å²) in [5, 5.41) is 5.07. The molecule has 0 aromatic rings. The maximum atomic E-state index is 12.0. The Hall–Kier alpha value is -0.380. The summed E-state index contributed by atoms with van der Waals surface area (Å²) < 4.78 is 68.8. The molecule has 20 heavy (non-hydrogen) atoms. The van der Waals surface area contributed by atoms with Gasteiger partial charge in [0.15, 0.2) is 0 Å². The number of nitrogens with two attached hydrogens (primary N) is 1. The minimum Gasteiger partial charge on any atom is -0.381 e. The zero-order chi connectivity index (χ0) is 15.3. The first-order valence-electron chi connectivity index (χ1n) is 6.35. The highest BCUT2D eigenvalue weighted by Gasteiger charge is 2.36. The lowest BCUT2D eigenvalue weighted by atomic mass is 9.83. The van der Waals surface area contributed by atoms with Gasteiger partial charge in [-0.2, -0.15) is 13.2 Å². The van der Waals surface area contributed by atoms with E-state index < -0.39 is 28.0 Å². The quantitative estimate of drug-likeness (QED) is 0.720. The normalized spacial score (nSPS) is 20.0. The lowest BCUT2D eigenvalue weighted by Gasteiger charge is -2.36. The Balaban J connectivity index is 2.42. The number of halogens is 3. The fourth-order valence-electron chi connectivity index (χ4n) is 2.22. The second kappa shape index (κ2) is 7.06. The van der Waals surface area contributed by atoms with Crippen molar-refractivity contribution in [2.45, 2.75) is 31.9 Å². The van der Waals surface area contributed by atoms with E-state index in [0.717, 1.165) is 0 Å². The van der Waals surface area contributed by atoms with Gasteiger partial charge in [0.1, 0.15) is 0 Å². The predicted octanol–water partition coefficient (Wildman–Crippen LogP) is 1.43. The van der Waals surface area contributed by atoms with E-state index in [4.69, 9.17) is 14.6 Å². The lowest BCUT2D eigenvalue weighted by Crippen LogP contribution is -2.42. The Labute approximate surface area is 116 Å². The number of primary sulfonamides is 1. The zero-order valence-corrected chi connectivity index (χ0v) is 11.9. The van der Waals surface area contributed by atoms with E-state index in [0.29, 0.717) is 26.1 Å². The fraction of sp³-hybridized carbons (Fsp3) is 1.00. The number of hydrogen-bond acceptors (Lipinski definition) is 4. The highest BCUT2D eigenvalue weighted by Crippen LogP contribution is 2.32. The van der Waals surface area contributed by atoms with Crippen molar-refractivity contribution in [3.63, 3.8) is 0 Å². The lowest BCUT2D eigenvalue weighted by molar-refractivity contribution is -0.138. The summed E-state index contributed by atoms with van der Waals surface area (Å²) in [4.78, 5) is 0. The highest BCUT2D eigenvalue weighted by molar-refractivity contribution is 7.89. The van der Waals surface area contributed by atoms with E-state index in [1.165, 1.54) is 0 Å². The summed E-state index contributed by atoms with van der Waals surface area (Å²) in [6.07, 6.45) is -4.28. The molecule has 120 valence electrons. The van der Waals surface area contributed by atoms with Crippen molar-refractivity contribution >= 4 is 10.0 Å². The zero-order valence-electron chi connectivity index (χ0n) is 11.1.